The van der Waals surface area contributed by atoms with E-state index < -0.39 is 17.5 Å². The number of halogens is 3. The van der Waals surface area contributed by atoms with E-state index in [-0.39, 0.29) is 23.9 Å². The highest BCUT2D eigenvalue weighted by molar-refractivity contribution is 5.79. The van der Waals surface area contributed by atoms with Crippen molar-refractivity contribution >= 4 is 11.6 Å². The normalized spacial score (nSPS) is 17.1. The maximum absolute atomic E-state index is 13.7. The van der Waals surface area contributed by atoms with Crippen LogP contribution in [0.15, 0.2) is 42.5 Å². The highest BCUT2D eigenvalue weighted by Crippen LogP contribution is 2.19. The zero-order valence-electron chi connectivity index (χ0n) is 12.9. The number of hydrogen-bond donors (Lipinski definition) is 1. The summed E-state index contributed by atoms with van der Waals surface area (Å²) in [4.78, 5) is 13.9. The molecule has 3 nitrogen and oxygen atoms in total. The first-order valence-electron chi connectivity index (χ1n) is 7.75. The lowest BCUT2D eigenvalue weighted by Gasteiger charge is -2.18. The molecule has 3 rings (SSSR count). The van der Waals surface area contributed by atoms with Crippen LogP contribution in [-0.4, -0.2) is 29.9 Å². The Labute approximate surface area is 138 Å². The number of anilines is 1. The van der Waals surface area contributed by atoms with Crippen molar-refractivity contribution < 1.29 is 18.0 Å². The maximum Gasteiger partial charge on any atom is 0.227 e. The summed E-state index contributed by atoms with van der Waals surface area (Å²) in [5.41, 5.74) is 0.849. The van der Waals surface area contributed by atoms with Gasteiger partial charge in [0.2, 0.25) is 5.91 Å². The lowest BCUT2D eigenvalue weighted by Crippen LogP contribution is -2.32. The summed E-state index contributed by atoms with van der Waals surface area (Å²) in [6, 6.07) is 11.0. The van der Waals surface area contributed by atoms with Crippen LogP contribution in [0, 0.1) is 17.5 Å². The molecule has 24 heavy (non-hydrogen) atoms. The summed E-state index contributed by atoms with van der Waals surface area (Å²) >= 11 is 0. The molecule has 6 heteroatoms. The first-order valence-corrected chi connectivity index (χ1v) is 7.75. The van der Waals surface area contributed by atoms with Crippen molar-refractivity contribution in [3.8, 4) is 0 Å². The van der Waals surface area contributed by atoms with Crippen molar-refractivity contribution in [2.24, 2.45) is 0 Å². The van der Waals surface area contributed by atoms with E-state index in [1.54, 1.807) is 4.90 Å². The molecule has 1 fully saturated rings. The van der Waals surface area contributed by atoms with Gasteiger partial charge in [-0.2, -0.15) is 0 Å². The molecule has 0 radical (unpaired) electrons. The topological polar surface area (TPSA) is 32.3 Å². The van der Waals surface area contributed by atoms with E-state index >= 15 is 0 Å². The van der Waals surface area contributed by atoms with Crippen LogP contribution in [0.1, 0.15) is 12.0 Å². The minimum Gasteiger partial charge on any atom is -0.380 e. The Hall–Kier alpha value is -2.50. The summed E-state index contributed by atoms with van der Waals surface area (Å²) in [6.45, 7) is 1.05. The number of benzene rings is 2. The number of rotatable bonds is 4. The number of nitrogens with one attached hydrogen (secondary N) is 1. The third-order valence-electron chi connectivity index (χ3n) is 4.12. The summed E-state index contributed by atoms with van der Waals surface area (Å²) in [7, 11) is 0. The van der Waals surface area contributed by atoms with Crippen LogP contribution in [0.25, 0.3) is 0 Å². The second-order valence-electron chi connectivity index (χ2n) is 5.87. The first kappa shape index (κ1) is 16.4. The quantitative estimate of drug-likeness (QED) is 0.870. The van der Waals surface area contributed by atoms with Crippen LogP contribution in [0.2, 0.25) is 0 Å². The molecule has 0 bridgehead atoms. The van der Waals surface area contributed by atoms with E-state index in [2.05, 4.69) is 5.32 Å². The van der Waals surface area contributed by atoms with E-state index in [1.807, 2.05) is 30.3 Å². The van der Waals surface area contributed by atoms with Crippen LogP contribution >= 0.6 is 0 Å². The van der Waals surface area contributed by atoms with E-state index in [9.17, 15) is 18.0 Å². The van der Waals surface area contributed by atoms with E-state index in [0.29, 0.717) is 19.2 Å². The molecule has 1 unspecified atom stereocenters. The van der Waals surface area contributed by atoms with Gasteiger partial charge in [-0.25, -0.2) is 13.2 Å². The van der Waals surface area contributed by atoms with Crippen LogP contribution in [0.5, 0.6) is 0 Å². The molecule has 0 saturated carbocycles. The Kier molecular flexibility index (Phi) is 4.74. The van der Waals surface area contributed by atoms with Gasteiger partial charge in [0.1, 0.15) is 5.82 Å². The predicted molar refractivity (Wildman–Crippen MR) is 85.1 cm³/mol. The van der Waals surface area contributed by atoms with Gasteiger partial charge in [-0.05, 0) is 24.6 Å². The number of hydrogen-bond acceptors (Lipinski definition) is 2. The van der Waals surface area contributed by atoms with Crippen LogP contribution in [0.4, 0.5) is 18.9 Å². The average Bonchev–Trinajstić information content (AvgIpc) is 3.02. The Balaban J connectivity index is 1.60. The molecule has 1 N–H and O–H groups in total. The lowest BCUT2D eigenvalue weighted by atomic mass is 10.1. The lowest BCUT2D eigenvalue weighted by molar-refractivity contribution is -0.129. The summed E-state index contributed by atoms with van der Waals surface area (Å²) < 4.78 is 39.8. The molecule has 1 amide bonds. The molecule has 1 saturated heterocycles. The Morgan fingerprint density at radius 1 is 1.08 bits per heavy atom. The predicted octanol–water partition coefficient (Wildman–Crippen LogP) is 3.36. The molecule has 0 aromatic heterocycles. The van der Waals surface area contributed by atoms with Gasteiger partial charge in [-0.1, -0.05) is 18.2 Å². The van der Waals surface area contributed by atoms with E-state index in [4.69, 9.17) is 0 Å². The van der Waals surface area contributed by atoms with E-state index in [0.717, 1.165) is 18.2 Å². The fourth-order valence-corrected chi connectivity index (χ4v) is 2.85. The van der Waals surface area contributed by atoms with Gasteiger partial charge in [0, 0.05) is 36.4 Å². The number of carbonyl (C=O) groups is 1. The zero-order valence-corrected chi connectivity index (χ0v) is 12.9. The fraction of sp³-hybridized carbons (Fsp3) is 0.278. The van der Waals surface area contributed by atoms with Gasteiger partial charge >= 0.3 is 0 Å². The molecule has 126 valence electrons. The molecule has 1 aliphatic heterocycles. The van der Waals surface area contributed by atoms with Crippen LogP contribution in [0.3, 0.4) is 0 Å². The number of para-hydroxylation sites is 1. The third kappa shape index (κ3) is 3.69. The van der Waals surface area contributed by atoms with Gasteiger partial charge in [0.05, 0.1) is 6.42 Å². The minimum absolute atomic E-state index is 0.117. The molecular weight excluding hydrogens is 317 g/mol. The maximum atomic E-state index is 13.7. The summed E-state index contributed by atoms with van der Waals surface area (Å²) in [5, 5.41) is 3.34. The molecule has 0 spiro atoms. The Morgan fingerprint density at radius 3 is 2.54 bits per heavy atom. The van der Waals surface area contributed by atoms with Crippen molar-refractivity contribution in [3.05, 3.63) is 65.5 Å². The largest absolute Gasteiger partial charge is 0.380 e. The van der Waals surface area contributed by atoms with Gasteiger partial charge in [0.15, 0.2) is 11.6 Å². The standard InChI is InChI=1S/C18H17F3N2O/c19-15-10-17(21)16(20)8-12(15)9-18(24)23-7-6-14(11-23)22-13-4-2-1-3-5-13/h1-5,8,10,14,22H,6-7,9,11H2. The van der Waals surface area contributed by atoms with Gasteiger partial charge < -0.3 is 10.2 Å². The fourth-order valence-electron chi connectivity index (χ4n) is 2.85. The highest BCUT2D eigenvalue weighted by atomic mass is 19.2. The first-order chi connectivity index (χ1) is 11.5. The number of carbonyl (C=O) groups excluding carboxylic acids is 1. The van der Waals surface area contributed by atoms with Crippen LogP contribution in [-0.2, 0) is 11.2 Å². The van der Waals surface area contributed by atoms with Crippen molar-refractivity contribution in [1.29, 1.82) is 0 Å². The monoisotopic (exact) mass is 334 g/mol. The minimum atomic E-state index is -1.25. The smallest absolute Gasteiger partial charge is 0.227 e. The Bertz CT molecular complexity index is 737. The van der Waals surface area contributed by atoms with E-state index in [1.165, 1.54) is 0 Å². The molecule has 2 aromatic carbocycles. The van der Waals surface area contributed by atoms with Crippen LogP contribution < -0.4 is 5.32 Å². The SMILES string of the molecule is O=C(Cc1cc(F)c(F)cc1F)N1CCC(Nc2ccccc2)C1. The van der Waals surface area contributed by atoms with Crippen molar-refractivity contribution in [3.63, 3.8) is 0 Å². The second-order valence-corrected chi connectivity index (χ2v) is 5.87. The summed E-state index contributed by atoms with van der Waals surface area (Å²) in [6.07, 6.45) is 0.502. The average molecular weight is 334 g/mol. The van der Waals surface area contributed by atoms with Gasteiger partial charge in [-0.15, -0.1) is 0 Å². The summed E-state index contributed by atoms with van der Waals surface area (Å²) in [5.74, 6) is -3.60. The molecule has 2 aromatic rings. The second kappa shape index (κ2) is 6.95. The molecule has 0 aliphatic carbocycles. The van der Waals surface area contributed by atoms with Gasteiger partial charge in [-0.3, -0.25) is 4.79 Å². The highest BCUT2D eigenvalue weighted by Gasteiger charge is 2.27. The van der Waals surface area contributed by atoms with Crippen molar-refractivity contribution in [2.75, 3.05) is 18.4 Å². The number of nitrogens with zero attached hydrogens (tertiary/aromatic N) is 1. The zero-order chi connectivity index (χ0) is 17.1. The molecule has 1 atom stereocenters. The molecule has 1 heterocycles. The van der Waals surface area contributed by atoms with Gasteiger partial charge in [0.25, 0.3) is 0 Å². The number of amides is 1. The van der Waals surface area contributed by atoms with Crippen molar-refractivity contribution in [1.82, 2.24) is 4.90 Å². The molecule has 1 aliphatic rings. The Morgan fingerprint density at radius 2 is 1.79 bits per heavy atom. The number of likely N-dealkylation sites (tertiary alicyclic amines) is 1. The van der Waals surface area contributed by atoms with Crippen molar-refractivity contribution in [2.45, 2.75) is 18.9 Å². The molecular formula is C18H17F3N2O. The third-order valence-corrected chi connectivity index (χ3v) is 4.12.